The normalized spacial score (nSPS) is 27.4. The number of ether oxygens (including phenoxy) is 1. The highest BCUT2D eigenvalue weighted by atomic mass is 35.5. The monoisotopic (exact) mass is 273 g/mol. The Labute approximate surface area is 105 Å². The van der Waals surface area contributed by atoms with E-state index in [4.69, 9.17) is 11.6 Å². The summed E-state index contributed by atoms with van der Waals surface area (Å²) in [6, 6.07) is 0. The summed E-state index contributed by atoms with van der Waals surface area (Å²) in [6.07, 6.45) is -2.63. The van der Waals surface area contributed by atoms with E-state index in [1.54, 1.807) is 0 Å². The van der Waals surface area contributed by atoms with Gasteiger partial charge in [0.2, 0.25) is 0 Å². The summed E-state index contributed by atoms with van der Waals surface area (Å²) in [5, 5.41) is 0.229. The largest absolute Gasteiger partial charge is 0.411 e. The van der Waals surface area contributed by atoms with Crippen LogP contribution in [0.5, 0.6) is 0 Å². The minimum atomic E-state index is -4.22. The molecule has 0 amide bonds. The summed E-state index contributed by atoms with van der Waals surface area (Å²) >= 11 is 6.09. The van der Waals surface area contributed by atoms with Gasteiger partial charge < -0.3 is 9.64 Å². The van der Waals surface area contributed by atoms with Crippen LogP contribution in [0.2, 0.25) is 0 Å². The fraction of sp³-hybridized carbons (Fsp3) is 1.00. The highest BCUT2D eigenvalue weighted by molar-refractivity contribution is 6.20. The molecule has 6 heteroatoms. The number of likely N-dealkylation sites (tertiary alicyclic amines) is 1. The third kappa shape index (κ3) is 6.48. The summed E-state index contributed by atoms with van der Waals surface area (Å²) in [5.74, 6) is 0.446. The van der Waals surface area contributed by atoms with Crippen molar-refractivity contribution in [3.05, 3.63) is 0 Å². The average Bonchev–Trinajstić information content (AvgIpc) is 2.21. The van der Waals surface area contributed by atoms with E-state index in [2.05, 4.69) is 16.6 Å². The molecule has 0 spiro atoms. The average molecular weight is 274 g/mol. The van der Waals surface area contributed by atoms with Crippen LogP contribution in [-0.4, -0.2) is 49.3 Å². The highest BCUT2D eigenvalue weighted by Gasteiger charge is 2.27. The zero-order chi connectivity index (χ0) is 12.9. The number of hydrogen-bond acceptors (Lipinski definition) is 2. The van der Waals surface area contributed by atoms with Gasteiger partial charge in [0.05, 0.1) is 0 Å². The zero-order valence-corrected chi connectivity index (χ0v) is 10.7. The Morgan fingerprint density at radius 1 is 1.41 bits per heavy atom. The summed E-state index contributed by atoms with van der Waals surface area (Å²) in [7, 11) is 0. The number of alkyl halides is 4. The maximum absolute atomic E-state index is 11.8. The number of nitrogens with zero attached hydrogens (tertiary/aromatic N) is 1. The van der Waals surface area contributed by atoms with Crippen LogP contribution < -0.4 is 0 Å². The van der Waals surface area contributed by atoms with Crippen molar-refractivity contribution in [1.82, 2.24) is 4.90 Å². The highest BCUT2D eigenvalue weighted by Crippen LogP contribution is 2.21. The fourth-order valence-corrected chi connectivity index (χ4v) is 2.16. The Bertz CT molecular complexity index is 225. The van der Waals surface area contributed by atoms with E-state index in [0.29, 0.717) is 12.3 Å². The molecule has 1 aliphatic rings. The third-order valence-corrected chi connectivity index (χ3v) is 3.56. The molecule has 2 atom stereocenters. The van der Waals surface area contributed by atoms with Gasteiger partial charge in [0.1, 0.15) is 6.61 Å². The first-order valence-corrected chi connectivity index (χ1v) is 6.33. The minimum Gasteiger partial charge on any atom is -0.372 e. The molecule has 0 saturated carbocycles. The van der Waals surface area contributed by atoms with E-state index in [0.717, 1.165) is 26.1 Å². The molecule has 1 fully saturated rings. The van der Waals surface area contributed by atoms with E-state index in [-0.39, 0.29) is 12.0 Å². The van der Waals surface area contributed by atoms with Crippen LogP contribution in [-0.2, 0) is 4.74 Å². The molecule has 17 heavy (non-hydrogen) atoms. The summed E-state index contributed by atoms with van der Waals surface area (Å²) in [5.41, 5.74) is 0. The van der Waals surface area contributed by atoms with E-state index in [1.807, 2.05) is 0 Å². The lowest BCUT2D eigenvalue weighted by Gasteiger charge is -2.34. The predicted octanol–water partition coefficient (Wildman–Crippen LogP) is 2.90. The van der Waals surface area contributed by atoms with Crippen LogP contribution in [0.3, 0.4) is 0 Å². The zero-order valence-electron chi connectivity index (χ0n) is 9.97. The number of rotatable bonds is 5. The van der Waals surface area contributed by atoms with Crippen molar-refractivity contribution in [2.45, 2.75) is 31.3 Å². The Morgan fingerprint density at radius 2 is 2.12 bits per heavy atom. The summed E-state index contributed by atoms with van der Waals surface area (Å²) in [4.78, 5) is 2.24. The number of piperidine rings is 1. The van der Waals surface area contributed by atoms with Crippen LogP contribution in [0.25, 0.3) is 0 Å². The molecule has 0 aromatic rings. The molecular formula is C11H19ClF3NO. The standard InChI is InChI=1S/C11H19ClF3NO/c1-9-7-16(5-3-10(9)12)4-2-6-17-8-11(13,14)15/h9-10H,2-8H2,1H3. The van der Waals surface area contributed by atoms with Crippen LogP contribution >= 0.6 is 11.6 Å². The SMILES string of the molecule is CC1CN(CCCOCC(F)(F)F)CCC1Cl. The van der Waals surface area contributed by atoms with Gasteiger partial charge in [0, 0.05) is 25.1 Å². The maximum Gasteiger partial charge on any atom is 0.411 e. The Kier molecular flexibility index (Phi) is 6.03. The van der Waals surface area contributed by atoms with Crippen molar-refractivity contribution in [2.75, 3.05) is 32.8 Å². The van der Waals surface area contributed by atoms with Crippen molar-refractivity contribution in [2.24, 2.45) is 5.92 Å². The van der Waals surface area contributed by atoms with Crippen LogP contribution in [0, 0.1) is 5.92 Å². The maximum atomic E-state index is 11.8. The van der Waals surface area contributed by atoms with Crippen LogP contribution in [0.15, 0.2) is 0 Å². The smallest absolute Gasteiger partial charge is 0.372 e. The van der Waals surface area contributed by atoms with Crippen molar-refractivity contribution >= 4 is 11.6 Å². The van der Waals surface area contributed by atoms with Gasteiger partial charge in [-0.15, -0.1) is 11.6 Å². The molecule has 1 rings (SSSR count). The van der Waals surface area contributed by atoms with Gasteiger partial charge in [0.25, 0.3) is 0 Å². The first-order chi connectivity index (χ1) is 7.88. The quantitative estimate of drug-likeness (QED) is 0.564. The molecule has 0 aliphatic carbocycles. The Morgan fingerprint density at radius 3 is 2.71 bits per heavy atom. The van der Waals surface area contributed by atoms with Gasteiger partial charge in [-0.1, -0.05) is 6.92 Å². The van der Waals surface area contributed by atoms with Gasteiger partial charge in [-0.25, -0.2) is 0 Å². The van der Waals surface area contributed by atoms with Gasteiger partial charge in [-0.2, -0.15) is 13.2 Å². The molecule has 0 aromatic heterocycles. The molecule has 0 radical (unpaired) electrons. The van der Waals surface area contributed by atoms with E-state index < -0.39 is 12.8 Å². The van der Waals surface area contributed by atoms with Crippen molar-refractivity contribution in [3.8, 4) is 0 Å². The molecule has 1 saturated heterocycles. The first kappa shape index (κ1) is 15.1. The number of hydrogen-bond donors (Lipinski definition) is 0. The third-order valence-electron chi connectivity index (χ3n) is 2.91. The number of halogens is 4. The van der Waals surface area contributed by atoms with Crippen molar-refractivity contribution in [3.63, 3.8) is 0 Å². The Hall–Kier alpha value is -0.0000000000000000555. The first-order valence-electron chi connectivity index (χ1n) is 5.89. The van der Waals surface area contributed by atoms with Gasteiger partial charge in [0.15, 0.2) is 0 Å². The fourth-order valence-electron chi connectivity index (χ4n) is 1.98. The molecule has 0 aromatic carbocycles. The van der Waals surface area contributed by atoms with Crippen LogP contribution in [0.1, 0.15) is 19.8 Å². The van der Waals surface area contributed by atoms with Crippen molar-refractivity contribution < 1.29 is 17.9 Å². The molecule has 1 heterocycles. The predicted molar refractivity (Wildman–Crippen MR) is 61.4 cm³/mol. The topological polar surface area (TPSA) is 12.5 Å². The van der Waals surface area contributed by atoms with Gasteiger partial charge in [-0.3, -0.25) is 0 Å². The molecule has 0 bridgehead atoms. The lowest BCUT2D eigenvalue weighted by Crippen LogP contribution is -2.40. The molecule has 0 N–H and O–H groups in total. The second kappa shape index (κ2) is 6.81. The second-order valence-corrected chi connectivity index (χ2v) is 5.16. The molecular weight excluding hydrogens is 255 g/mol. The second-order valence-electron chi connectivity index (χ2n) is 4.60. The van der Waals surface area contributed by atoms with Crippen molar-refractivity contribution in [1.29, 1.82) is 0 Å². The lowest BCUT2D eigenvalue weighted by atomic mass is 9.99. The molecule has 102 valence electrons. The molecule has 2 unspecified atom stereocenters. The van der Waals surface area contributed by atoms with E-state index >= 15 is 0 Å². The van der Waals surface area contributed by atoms with E-state index in [9.17, 15) is 13.2 Å². The van der Waals surface area contributed by atoms with Crippen LogP contribution in [0.4, 0.5) is 13.2 Å². The van der Waals surface area contributed by atoms with E-state index in [1.165, 1.54) is 0 Å². The lowest BCUT2D eigenvalue weighted by molar-refractivity contribution is -0.174. The Balaban J connectivity index is 2.04. The van der Waals surface area contributed by atoms with Gasteiger partial charge >= 0.3 is 6.18 Å². The molecule has 1 aliphatic heterocycles. The summed E-state index contributed by atoms with van der Waals surface area (Å²) < 4.78 is 39.9. The summed E-state index contributed by atoms with van der Waals surface area (Å²) in [6.45, 7) is 3.75. The minimum absolute atomic E-state index is 0.161. The molecule has 2 nitrogen and oxygen atoms in total. The van der Waals surface area contributed by atoms with Gasteiger partial charge in [-0.05, 0) is 25.3 Å².